The molecule has 2 fully saturated rings. The van der Waals surface area contributed by atoms with Gasteiger partial charge in [0.25, 0.3) is 0 Å². The number of carbonyl (C=O) groups excluding carboxylic acids is 1. The second-order valence-corrected chi connectivity index (χ2v) is 7.81. The van der Waals surface area contributed by atoms with Crippen LogP contribution in [0.1, 0.15) is 65.2 Å². The van der Waals surface area contributed by atoms with Crippen LogP contribution in [0, 0.1) is 0 Å². The first-order valence-corrected chi connectivity index (χ1v) is 8.16. The lowest BCUT2D eigenvalue weighted by Crippen LogP contribution is -2.46. The van der Waals surface area contributed by atoms with Crippen LogP contribution in [0.25, 0.3) is 0 Å². The quantitative estimate of drug-likeness (QED) is 0.843. The summed E-state index contributed by atoms with van der Waals surface area (Å²) in [6.45, 7) is 9.28. The van der Waals surface area contributed by atoms with Crippen molar-refractivity contribution in [2.24, 2.45) is 0 Å². The lowest BCUT2D eigenvalue weighted by molar-refractivity contribution is 0.0168. The van der Waals surface area contributed by atoms with Crippen LogP contribution in [0.15, 0.2) is 6.33 Å². The van der Waals surface area contributed by atoms with E-state index in [1.807, 2.05) is 31.8 Å². The highest BCUT2D eigenvalue weighted by Gasteiger charge is 2.38. The van der Waals surface area contributed by atoms with Gasteiger partial charge in [0.2, 0.25) is 0 Å². The van der Waals surface area contributed by atoms with E-state index in [2.05, 4.69) is 17.0 Å². The van der Waals surface area contributed by atoms with Crippen molar-refractivity contribution in [3.05, 3.63) is 12.2 Å². The molecule has 2 heterocycles. The monoisotopic (exact) mass is 306 g/mol. The Kier molecular flexibility index (Phi) is 3.65. The first kappa shape index (κ1) is 15.3. The molecule has 0 spiro atoms. The highest BCUT2D eigenvalue weighted by Crippen LogP contribution is 2.37. The standard InChI is InChI=1S/C16H26N4O2/c1-15(2,3)22-14(21)19-9-7-16(4,8-10-19)13-17-11-20(18-13)12-5-6-12/h11-12H,5-10H2,1-4H3. The molecule has 1 aromatic heterocycles. The molecule has 6 nitrogen and oxygen atoms in total. The van der Waals surface area contributed by atoms with Crippen LogP contribution >= 0.6 is 0 Å². The van der Waals surface area contributed by atoms with Crippen LogP contribution in [-0.2, 0) is 10.2 Å². The van der Waals surface area contributed by atoms with Gasteiger partial charge in [0.05, 0.1) is 6.04 Å². The van der Waals surface area contributed by atoms with E-state index in [-0.39, 0.29) is 11.5 Å². The van der Waals surface area contributed by atoms with E-state index < -0.39 is 5.60 Å². The Labute approximate surface area is 131 Å². The molecule has 0 atom stereocenters. The second kappa shape index (κ2) is 5.25. The van der Waals surface area contributed by atoms with Gasteiger partial charge in [-0.2, -0.15) is 5.10 Å². The minimum Gasteiger partial charge on any atom is -0.444 e. The average Bonchev–Trinajstić information content (AvgIpc) is 3.14. The normalized spacial score (nSPS) is 21.7. The summed E-state index contributed by atoms with van der Waals surface area (Å²) in [5.74, 6) is 0.920. The van der Waals surface area contributed by atoms with Crippen LogP contribution in [0.3, 0.4) is 0 Å². The highest BCUT2D eigenvalue weighted by molar-refractivity contribution is 5.68. The third-order valence-corrected chi connectivity index (χ3v) is 4.49. The lowest BCUT2D eigenvalue weighted by Gasteiger charge is -2.38. The van der Waals surface area contributed by atoms with Crippen LogP contribution in [0.2, 0.25) is 0 Å². The van der Waals surface area contributed by atoms with Crippen LogP contribution < -0.4 is 0 Å². The Morgan fingerprint density at radius 2 is 1.95 bits per heavy atom. The third kappa shape index (κ3) is 3.25. The molecule has 6 heteroatoms. The Hall–Kier alpha value is -1.59. The average molecular weight is 306 g/mol. The summed E-state index contributed by atoms with van der Waals surface area (Å²) in [6, 6.07) is 0.562. The van der Waals surface area contributed by atoms with E-state index in [1.54, 1.807) is 4.90 Å². The molecule has 0 unspecified atom stereocenters. The molecule has 122 valence electrons. The number of ether oxygens (including phenoxy) is 1. The molecular weight excluding hydrogens is 280 g/mol. The Morgan fingerprint density at radius 1 is 1.32 bits per heavy atom. The van der Waals surface area contributed by atoms with Gasteiger partial charge >= 0.3 is 6.09 Å². The van der Waals surface area contributed by atoms with Gasteiger partial charge in [-0.3, -0.25) is 0 Å². The van der Waals surface area contributed by atoms with E-state index >= 15 is 0 Å². The van der Waals surface area contributed by atoms with Crippen molar-refractivity contribution in [1.82, 2.24) is 19.7 Å². The van der Waals surface area contributed by atoms with Crippen molar-refractivity contribution in [3.8, 4) is 0 Å². The van der Waals surface area contributed by atoms with E-state index in [9.17, 15) is 4.79 Å². The molecule has 1 saturated carbocycles. The van der Waals surface area contributed by atoms with E-state index in [0.717, 1.165) is 18.7 Å². The van der Waals surface area contributed by atoms with Crippen molar-refractivity contribution in [3.63, 3.8) is 0 Å². The maximum atomic E-state index is 12.1. The molecule has 2 aliphatic rings. The molecule has 3 rings (SSSR count). The van der Waals surface area contributed by atoms with Gasteiger partial charge in [-0.1, -0.05) is 6.92 Å². The molecule has 1 aliphatic heterocycles. The number of hydrogen-bond acceptors (Lipinski definition) is 4. The second-order valence-electron chi connectivity index (χ2n) is 7.81. The predicted molar refractivity (Wildman–Crippen MR) is 82.7 cm³/mol. The maximum Gasteiger partial charge on any atom is 0.410 e. The topological polar surface area (TPSA) is 60.2 Å². The largest absolute Gasteiger partial charge is 0.444 e. The molecule has 22 heavy (non-hydrogen) atoms. The maximum absolute atomic E-state index is 12.1. The van der Waals surface area contributed by atoms with Gasteiger partial charge in [-0.25, -0.2) is 14.5 Å². The van der Waals surface area contributed by atoms with Gasteiger partial charge < -0.3 is 9.64 Å². The van der Waals surface area contributed by atoms with E-state index in [0.29, 0.717) is 19.1 Å². The molecule has 0 bridgehead atoms. The molecule has 0 N–H and O–H groups in total. The molecule has 0 radical (unpaired) electrons. The smallest absolute Gasteiger partial charge is 0.410 e. The van der Waals surface area contributed by atoms with Crippen molar-refractivity contribution < 1.29 is 9.53 Å². The summed E-state index contributed by atoms with van der Waals surface area (Å²) in [5, 5.41) is 4.67. The summed E-state index contributed by atoms with van der Waals surface area (Å²) in [5.41, 5.74) is -0.485. The van der Waals surface area contributed by atoms with Crippen molar-refractivity contribution >= 4 is 6.09 Å². The predicted octanol–water partition coefficient (Wildman–Crippen LogP) is 2.90. The zero-order chi connectivity index (χ0) is 16.0. The molecule has 1 aliphatic carbocycles. The summed E-state index contributed by atoms with van der Waals surface area (Å²) in [4.78, 5) is 18.4. The summed E-state index contributed by atoms with van der Waals surface area (Å²) in [7, 11) is 0. The number of likely N-dealkylation sites (tertiary alicyclic amines) is 1. The fourth-order valence-electron chi connectivity index (χ4n) is 2.80. The van der Waals surface area contributed by atoms with Gasteiger partial charge in [0.1, 0.15) is 11.9 Å². The minimum absolute atomic E-state index is 0.0430. The van der Waals surface area contributed by atoms with Crippen LogP contribution in [0.5, 0.6) is 0 Å². The van der Waals surface area contributed by atoms with Gasteiger partial charge in [0.15, 0.2) is 5.82 Å². The number of hydrogen-bond donors (Lipinski definition) is 0. The molecule has 0 aromatic carbocycles. The Bertz CT molecular complexity index is 549. The third-order valence-electron chi connectivity index (χ3n) is 4.49. The Morgan fingerprint density at radius 3 is 2.50 bits per heavy atom. The summed E-state index contributed by atoms with van der Waals surface area (Å²) in [6.07, 6.45) is 5.82. The molecule has 1 aromatic rings. The van der Waals surface area contributed by atoms with Crippen LogP contribution in [0.4, 0.5) is 4.79 Å². The molecule has 1 saturated heterocycles. The first-order chi connectivity index (χ1) is 10.3. The zero-order valence-electron chi connectivity index (χ0n) is 14.0. The highest BCUT2D eigenvalue weighted by atomic mass is 16.6. The van der Waals surface area contributed by atoms with Crippen LogP contribution in [-0.4, -0.2) is 44.4 Å². The van der Waals surface area contributed by atoms with Crippen molar-refractivity contribution in [2.45, 2.75) is 70.4 Å². The minimum atomic E-state index is -0.442. The number of rotatable bonds is 2. The van der Waals surface area contributed by atoms with E-state index in [4.69, 9.17) is 4.74 Å². The fraction of sp³-hybridized carbons (Fsp3) is 0.812. The number of carbonyl (C=O) groups is 1. The number of piperidine rings is 1. The fourth-order valence-corrected chi connectivity index (χ4v) is 2.80. The first-order valence-electron chi connectivity index (χ1n) is 8.16. The SMILES string of the molecule is CC(C)(C)OC(=O)N1CCC(C)(c2ncn(C3CC3)n2)CC1. The lowest BCUT2D eigenvalue weighted by atomic mass is 9.80. The van der Waals surface area contributed by atoms with Gasteiger partial charge in [-0.15, -0.1) is 0 Å². The number of nitrogens with zero attached hydrogens (tertiary/aromatic N) is 4. The van der Waals surface area contributed by atoms with Crippen molar-refractivity contribution in [1.29, 1.82) is 0 Å². The number of amides is 1. The summed E-state index contributed by atoms with van der Waals surface area (Å²) < 4.78 is 7.45. The zero-order valence-corrected chi connectivity index (χ0v) is 14.0. The van der Waals surface area contributed by atoms with Gasteiger partial charge in [0, 0.05) is 18.5 Å². The van der Waals surface area contributed by atoms with E-state index in [1.165, 1.54) is 12.8 Å². The summed E-state index contributed by atoms with van der Waals surface area (Å²) >= 11 is 0. The van der Waals surface area contributed by atoms with Gasteiger partial charge in [-0.05, 0) is 46.5 Å². The van der Waals surface area contributed by atoms with Crippen molar-refractivity contribution in [2.75, 3.05) is 13.1 Å². The number of aromatic nitrogens is 3. The molecular formula is C16H26N4O2. The molecule has 1 amide bonds. The Balaban J connectivity index is 1.61.